The third-order valence-corrected chi connectivity index (χ3v) is 4.85. The SMILES string of the molecule is COc1ccc(C2CCC(OC(=O)c3ncnc4[nH]ccc34)C2)cc1F. The van der Waals surface area contributed by atoms with Gasteiger partial charge in [-0.2, -0.15) is 0 Å². The molecule has 0 saturated heterocycles. The number of aromatic nitrogens is 3. The van der Waals surface area contributed by atoms with Crippen LogP contribution in [0.25, 0.3) is 11.0 Å². The topological polar surface area (TPSA) is 77.1 Å². The molecule has 0 bridgehead atoms. The molecule has 0 aliphatic heterocycles. The van der Waals surface area contributed by atoms with E-state index in [4.69, 9.17) is 9.47 Å². The van der Waals surface area contributed by atoms with Gasteiger partial charge in [-0.25, -0.2) is 19.2 Å². The molecule has 4 rings (SSSR count). The molecule has 0 amide bonds. The van der Waals surface area contributed by atoms with Crippen LogP contribution in [0.4, 0.5) is 4.39 Å². The Bertz CT molecular complexity index is 956. The Morgan fingerprint density at radius 3 is 2.96 bits per heavy atom. The molecule has 1 aliphatic rings. The normalized spacial score (nSPS) is 19.6. The minimum absolute atomic E-state index is 0.158. The second-order valence-electron chi connectivity index (χ2n) is 6.39. The van der Waals surface area contributed by atoms with E-state index in [1.807, 2.05) is 6.07 Å². The lowest BCUT2D eigenvalue weighted by Crippen LogP contribution is -2.16. The Balaban J connectivity index is 1.45. The fraction of sp³-hybridized carbons (Fsp3) is 0.316. The van der Waals surface area contributed by atoms with Crippen LogP contribution >= 0.6 is 0 Å². The van der Waals surface area contributed by atoms with Gasteiger partial charge in [0.25, 0.3) is 0 Å². The van der Waals surface area contributed by atoms with Crippen molar-refractivity contribution in [1.29, 1.82) is 0 Å². The number of carbonyl (C=O) groups excluding carboxylic acids is 1. The molecule has 134 valence electrons. The third-order valence-electron chi connectivity index (χ3n) is 4.85. The van der Waals surface area contributed by atoms with Gasteiger partial charge in [0.1, 0.15) is 18.1 Å². The van der Waals surface area contributed by atoms with Gasteiger partial charge < -0.3 is 14.5 Å². The van der Waals surface area contributed by atoms with Crippen molar-refractivity contribution in [3.05, 3.63) is 53.9 Å². The Hall–Kier alpha value is -2.96. The lowest BCUT2D eigenvalue weighted by Gasteiger charge is -2.14. The van der Waals surface area contributed by atoms with Crippen LogP contribution in [0.15, 0.2) is 36.8 Å². The summed E-state index contributed by atoms with van der Waals surface area (Å²) in [5.41, 5.74) is 1.76. The molecule has 2 atom stereocenters. The first-order valence-electron chi connectivity index (χ1n) is 8.48. The van der Waals surface area contributed by atoms with Crippen molar-refractivity contribution in [3.63, 3.8) is 0 Å². The summed E-state index contributed by atoms with van der Waals surface area (Å²) in [6.07, 6.45) is 5.09. The number of nitrogens with one attached hydrogen (secondary N) is 1. The van der Waals surface area contributed by atoms with E-state index in [0.29, 0.717) is 17.5 Å². The smallest absolute Gasteiger partial charge is 0.358 e. The number of H-pyrrole nitrogens is 1. The number of esters is 1. The van der Waals surface area contributed by atoms with Crippen LogP contribution in [0.5, 0.6) is 5.75 Å². The van der Waals surface area contributed by atoms with Gasteiger partial charge in [-0.15, -0.1) is 0 Å². The summed E-state index contributed by atoms with van der Waals surface area (Å²) >= 11 is 0. The van der Waals surface area contributed by atoms with Crippen molar-refractivity contribution in [1.82, 2.24) is 15.0 Å². The predicted octanol–water partition coefficient (Wildman–Crippen LogP) is 3.60. The maximum absolute atomic E-state index is 13.9. The van der Waals surface area contributed by atoms with E-state index in [-0.39, 0.29) is 29.3 Å². The van der Waals surface area contributed by atoms with Crippen LogP contribution in [0.2, 0.25) is 0 Å². The van der Waals surface area contributed by atoms with Crippen molar-refractivity contribution in [3.8, 4) is 5.75 Å². The molecular formula is C19H18FN3O3. The molecule has 1 N–H and O–H groups in total. The van der Waals surface area contributed by atoms with Crippen LogP contribution in [0.1, 0.15) is 41.2 Å². The van der Waals surface area contributed by atoms with E-state index in [1.54, 1.807) is 18.3 Å². The number of ether oxygens (including phenoxy) is 2. The van der Waals surface area contributed by atoms with Crippen LogP contribution in [-0.4, -0.2) is 34.1 Å². The summed E-state index contributed by atoms with van der Waals surface area (Å²) in [5, 5.41) is 0.643. The number of benzene rings is 1. The number of rotatable bonds is 4. The molecule has 3 aromatic rings. The minimum Gasteiger partial charge on any atom is -0.494 e. The van der Waals surface area contributed by atoms with Gasteiger partial charge in [0.2, 0.25) is 0 Å². The summed E-state index contributed by atoms with van der Waals surface area (Å²) in [4.78, 5) is 23.6. The lowest BCUT2D eigenvalue weighted by molar-refractivity contribution is 0.0310. The highest BCUT2D eigenvalue weighted by molar-refractivity contribution is 6.00. The number of methoxy groups -OCH3 is 1. The van der Waals surface area contributed by atoms with Crippen LogP contribution in [-0.2, 0) is 4.74 Å². The van der Waals surface area contributed by atoms with Gasteiger partial charge in [-0.05, 0) is 48.9 Å². The molecule has 7 heteroatoms. The predicted molar refractivity (Wildman–Crippen MR) is 92.6 cm³/mol. The van der Waals surface area contributed by atoms with Crippen molar-refractivity contribution < 1.29 is 18.7 Å². The van der Waals surface area contributed by atoms with Gasteiger partial charge in [0.15, 0.2) is 17.3 Å². The van der Waals surface area contributed by atoms with Crippen molar-refractivity contribution in [2.45, 2.75) is 31.3 Å². The van der Waals surface area contributed by atoms with E-state index in [2.05, 4.69) is 15.0 Å². The molecule has 0 radical (unpaired) electrons. The first-order chi connectivity index (χ1) is 12.7. The lowest BCUT2D eigenvalue weighted by atomic mass is 9.97. The number of hydrogen-bond acceptors (Lipinski definition) is 5. The highest BCUT2D eigenvalue weighted by Crippen LogP contribution is 2.37. The number of fused-ring (bicyclic) bond motifs is 1. The monoisotopic (exact) mass is 355 g/mol. The molecule has 2 aromatic heterocycles. The van der Waals surface area contributed by atoms with Gasteiger partial charge in [0, 0.05) is 6.20 Å². The fourth-order valence-electron chi connectivity index (χ4n) is 3.53. The zero-order valence-electron chi connectivity index (χ0n) is 14.2. The highest BCUT2D eigenvalue weighted by Gasteiger charge is 2.30. The van der Waals surface area contributed by atoms with Gasteiger partial charge in [0.05, 0.1) is 12.5 Å². The van der Waals surface area contributed by atoms with E-state index in [9.17, 15) is 9.18 Å². The largest absolute Gasteiger partial charge is 0.494 e. The van der Waals surface area contributed by atoms with Crippen LogP contribution < -0.4 is 4.74 Å². The van der Waals surface area contributed by atoms with Crippen molar-refractivity contribution in [2.24, 2.45) is 0 Å². The molecule has 0 spiro atoms. The van der Waals surface area contributed by atoms with E-state index >= 15 is 0 Å². The average Bonchev–Trinajstić information content (AvgIpc) is 3.30. The molecule has 26 heavy (non-hydrogen) atoms. The maximum atomic E-state index is 13.9. The van der Waals surface area contributed by atoms with Crippen molar-refractivity contribution in [2.75, 3.05) is 7.11 Å². The quantitative estimate of drug-likeness (QED) is 0.724. The Morgan fingerprint density at radius 2 is 2.15 bits per heavy atom. The molecule has 1 saturated carbocycles. The zero-order chi connectivity index (χ0) is 18.1. The summed E-state index contributed by atoms with van der Waals surface area (Å²) in [6.45, 7) is 0. The number of aromatic amines is 1. The minimum atomic E-state index is -0.455. The molecule has 2 heterocycles. The zero-order valence-corrected chi connectivity index (χ0v) is 14.2. The van der Waals surface area contributed by atoms with E-state index in [0.717, 1.165) is 18.4 Å². The molecule has 1 aliphatic carbocycles. The number of nitrogens with zero attached hydrogens (tertiary/aromatic N) is 2. The van der Waals surface area contributed by atoms with Crippen LogP contribution in [0, 0.1) is 5.82 Å². The third kappa shape index (κ3) is 3.00. The average molecular weight is 355 g/mol. The highest BCUT2D eigenvalue weighted by atomic mass is 19.1. The Labute approximate surface area is 149 Å². The van der Waals surface area contributed by atoms with Gasteiger partial charge in [-0.3, -0.25) is 0 Å². The second-order valence-corrected chi connectivity index (χ2v) is 6.39. The van der Waals surface area contributed by atoms with Gasteiger partial charge in [-0.1, -0.05) is 6.07 Å². The maximum Gasteiger partial charge on any atom is 0.358 e. The standard InChI is InChI=1S/C19H18FN3O3/c1-25-16-5-3-12(9-15(16)20)11-2-4-13(8-11)26-19(24)17-14-6-7-21-18(14)23-10-22-17/h3,5-7,9-11,13H,2,4,8H2,1H3,(H,21,22,23). The van der Waals surface area contributed by atoms with Crippen molar-refractivity contribution >= 4 is 17.0 Å². The first-order valence-corrected chi connectivity index (χ1v) is 8.48. The summed E-state index contributed by atoms with van der Waals surface area (Å²) in [6, 6.07) is 6.75. The Kier molecular flexibility index (Phi) is 4.28. The molecule has 1 fully saturated rings. The molecule has 1 aromatic carbocycles. The summed E-state index contributed by atoms with van der Waals surface area (Å²) < 4.78 is 24.5. The molecular weight excluding hydrogens is 337 g/mol. The van der Waals surface area contributed by atoms with Crippen LogP contribution in [0.3, 0.4) is 0 Å². The van der Waals surface area contributed by atoms with E-state index < -0.39 is 5.97 Å². The summed E-state index contributed by atoms with van der Waals surface area (Å²) in [7, 11) is 1.44. The second kappa shape index (κ2) is 6.74. The van der Waals surface area contributed by atoms with Gasteiger partial charge >= 0.3 is 5.97 Å². The Morgan fingerprint density at radius 1 is 1.27 bits per heavy atom. The first kappa shape index (κ1) is 16.5. The number of halogens is 1. The number of carbonyl (C=O) groups is 1. The van der Waals surface area contributed by atoms with E-state index in [1.165, 1.54) is 19.5 Å². The summed E-state index contributed by atoms with van der Waals surface area (Å²) in [5.74, 6) is -0.440. The molecule has 2 unspecified atom stereocenters. The fourth-order valence-corrected chi connectivity index (χ4v) is 3.53. The molecule has 6 nitrogen and oxygen atoms in total. The number of hydrogen-bond donors (Lipinski definition) is 1.